The molecule has 0 spiro atoms. The molecule has 2 heterocycles. The quantitative estimate of drug-likeness (QED) is 0.668. The highest BCUT2D eigenvalue weighted by Gasteiger charge is 2.18. The number of amides is 1. The lowest BCUT2D eigenvalue weighted by Gasteiger charge is -2.25. The van der Waals surface area contributed by atoms with Crippen LogP contribution in [0.5, 0.6) is 0 Å². The van der Waals surface area contributed by atoms with Crippen LogP contribution < -0.4 is 16.4 Å². The molecular formula is C23H30N4O2. The van der Waals surface area contributed by atoms with Crippen molar-refractivity contribution in [3.63, 3.8) is 0 Å². The summed E-state index contributed by atoms with van der Waals surface area (Å²) in [5, 5.41) is 6.87. The lowest BCUT2D eigenvalue weighted by atomic mass is 9.92. The van der Waals surface area contributed by atoms with Crippen molar-refractivity contribution >= 4 is 23.1 Å². The van der Waals surface area contributed by atoms with E-state index in [1.807, 2.05) is 6.07 Å². The van der Waals surface area contributed by atoms with E-state index in [0.717, 1.165) is 50.3 Å². The second-order valence-electron chi connectivity index (χ2n) is 8.09. The number of benzene rings is 1. The van der Waals surface area contributed by atoms with Gasteiger partial charge in [0.15, 0.2) is 0 Å². The van der Waals surface area contributed by atoms with Gasteiger partial charge in [-0.3, -0.25) is 4.79 Å². The highest BCUT2D eigenvalue weighted by Crippen LogP contribution is 2.29. The van der Waals surface area contributed by atoms with Gasteiger partial charge in [-0.15, -0.1) is 0 Å². The third kappa shape index (κ3) is 5.07. The molecule has 6 nitrogen and oxygen atoms in total. The van der Waals surface area contributed by atoms with E-state index in [9.17, 15) is 4.79 Å². The number of nitrogens with zero attached hydrogens (tertiary/aromatic N) is 1. The van der Waals surface area contributed by atoms with E-state index in [4.69, 9.17) is 10.5 Å². The summed E-state index contributed by atoms with van der Waals surface area (Å²) in [6, 6.07) is 10.8. The molecule has 1 aromatic carbocycles. The number of ether oxygens (including phenoxy) is 1. The minimum absolute atomic E-state index is 0.385. The second kappa shape index (κ2) is 9.27. The van der Waals surface area contributed by atoms with Gasteiger partial charge in [0, 0.05) is 37.2 Å². The Morgan fingerprint density at radius 1 is 1.03 bits per heavy atom. The number of nitrogens with one attached hydrogen (secondary N) is 2. The van der Waals surface area contributed by atoms with Crippen LogP contribution in [0.15, 0.2) is 36.5 Å². The molecule has 2 fully saturated rings. The molecule has 1 saturated heterocycles. The smallest absolute Gasteiger partial charge is 0.252 e. The second-order valence-corrected chi connectivity index (χ2v) is 8.09. The van der Waals surface area contributed by atoms with Gasteiger partial charge >= 0.3 is 0 Å². The maximum absolute atomic E-state index is 11.8. The molecule has 1 saturated carbocycles. The Bertz CT molecular complexity index is 825. The molecule has 1 aromatic heterocycles. The lowest BCUT2D eigenvalue weighted by molar-refractivity contribution is 0.0853. The summed E-state index contributed by atoms with van der Waals surface area (Å²) in [5.41, 5.74) is 9.10. The Balaban J connectivity index is 1.47. The minimum atomic E-state index is -0.455. The highest BCUT2D eigenvalue weighted by atomic mass is 16.5. The van der Waals surface area contributed by atoms with E-state index < -0.39 is 5.91 Å². The topological polar surface area (TPSA) is 89.3 Å². The van der Waals surface area contributed by atoms with Crippen LogP contribution in [0.2, 0.25) is 0 Å². The summed E-state index contributed by atoms with van der Waals surface area (Å²) in [6.07, 6.45) is 9.70. The van der Waals surface area contributed by atoms with Gasteiger partial charge in [0.2, 0.25) is 0 Å². The molecule has 29 heavy (non-hydrogen) atoms. The van der Waals surface area contributed by atoms with Crippen LogP contribution in [-0.2, 0) is 4.74 Å². The van der Waals surface area contributed by atoms with E-state index in [2.05, 4.69) is 39.9 Å². The van der Waals surface area contributed by atoms with E-state index in [1.165, 1.54) is 24.8 Å². The number of hydrogen-bond donors (Lipinski definition) is 3. The molecule has 4 N–H and O–H groups in total. The van der Waals surface area contributed by atoms with Crippen LogP contribution in [0.1, 0.15) is 66.8 Å². The standard InChI is InChI=1S/C23H30N4O2/c24-23(28)20-15-25-22(14-21(20)26-18-4-2-1-3-5-18)27-19-8-6-16(7-9-19)17-10-12-29-13-11-17/h6-9,14-15,17-18H,1-5,10-13H2,(H2,24,28)(H2,25,26,27). The van der Waals surface area contributed by atoms with Crippen molar-refractivity contribution in [1.29, 1.82) is 0 Å². The summed E-state index contributed by atoms with van der Waals surface area (Å²) in [5.74, 6) is 0.826. The zero-order valence-corrected chi connectivity index (χ0v) is 16.8. The molecule has 1 amide bonds. The molecule has 0 unspecified atom stereocenters. The normalized spacial score (nSPS) is 18.3. The number of hydrogen-bond acceptors (Lipinski definition) is 5. The van der Waals surface area contributed by atoms with Crippen LogP contribution >= 0.6 is 0 Å². The molecule has 6 heteroatoms. The van der Waals surface area contributed by atoms with Gasteiger partial charge in [0.05, 0.1) is 11.3 Å². The zero-order chi connectivity index (χ0) is 20.1. The first-order valence-corrected chi connectivity index (χ1v) is 10.7. The van der Waals surface area contributed by atoms with Gasteiger partial charge in [-0.05, 0) is 49.3 Å². The monoisotopic (exact) mass is 394 g/mol. The first kappa shape index (κ1) is 19.7. The zero-order valence-electron chi connectivity index (χ0n) is 16.8. The van der Waals surface area contributed by atoms with E-state index >= 15 is 0 Å². The number of rotatable bonds is 6. The summed E-state index contributed by atoms with van der Waals surface area (Å²) < 4.78 is 5.46. The largest absolute Gasteiger partial charge is 0.382 e. The number of carbonyl (C=O) groups is 1. The molecule has 1 aliphatic heterocycles. The van der Waals surface area contributed by atoms with Gasteiger partial charge < -0.3 is 21.1 Å². The Morgan fingerprint density at radius 2 is 1.76 bits per heavy atom. The van der Waals surface area contributed by atoms with E-state index in [0.29, 0.717) is 23.3 Å². The minimum Gasteiger partial charge on any atom is -0.382 e. The Kier molecular flexibility index (Phi) is 6.30. The number of primary amides is 1. The molecule has 2 aromatic rings. The Morgan fingerprint density at radius 3 is 2.45 bits per heavy atom. The molecular weight excluding hydrogens is 364 g/mol. The molecule has 2 aliphatic rings. The lowest BCUT2D eigenvalue weighted by Crippen LogP contribution is -2.25. The van der Waals surface area contributed by atoms with E-state index in [1.54, 1.807) is 6.20 Å². The number of carbonyl (C=O) groups excluding carboxylic acids is 1. The van der Waals surface area contributed by atoms with Gasteiger partial charge in [0.1, 0.15) is 5.82 Å². The molecule has 0 radical (unpaired) electrons. The summed E-state index contributed by atoms with van der Waals surface area (Å²) in [7, 11) is 0. The third-order valence-corrected chi connectivity index (χ3v) is 6.01. The van der Waals surface area contributed by atoms with Gasteiger partial charge in [0.25, 0.3) is 5.91 Å². The summed E-state index contributed by atoms with van der Waals surface area (Å²) in [4.78, 5) is 16.2. The van der Waals surface area contributed by atoms with Crippen molar-refractivity contribution in [1.82, 2.24) is 4.98 Å². The molecule has 4 rings (SSSR count). The Labute approximate surface area is 172 Å². The van der Waals surface area contributed by atoms with Crippen molar-refractivity contribution in [2.24, 2.45) is 5.73 Å². The average Bonchev–Trinajstić information content (AvgIpc) is 2.76. The number of anilines is 3. The number of aromatic nitrogens is 1. The third-order valence-electron chi connectivity index (χ3n) is 6.01. The van der Waals surface area contributed by atoms with Crippen LogP contribution in [0, 0.1) is 0 Å². The molecule has 1 aliphatic carbocycles. The fourth-order valence-electron chi connectivity index (χ4n) is 4.32. The van der Waals surface area contributed by atoms with Crippen molar-refractivity contribution in [3.05, 3.63) is 47.7 Å². The maximum atomic E-state index is 11.8. The predicted octanol–water partition coefficient (Wildman–Crippen LogP) is 4.56. The van der Waals surface area contributed by atoms with Crippen LogP contribution in [0.3, 0.4) is 0 Å². The van der Waals surface area contributed by atoms with Crippen molar-refractivity contribution < 1.29 is 9.53 Å². The van der Waals surface area contributed by atoms with Crippen molar-refractivity contribution in [3.8, 4) is 0 Å². The van der Waals surface area contributed by atoms with Gasteiger partial charge in [-0.1, -0.05) is 31.4 Å². The fraction of sp³-hybridized carbons (Fsp3) is 0.478. The SMILES string of the molecule is NC(=O)c1cnc(Nc2ccc(C3CCOCC3)cc2)cc1NC1CCCCC1. The number of pyridine rings is 1. The van der Waals surface area contributed by atoms with Crippen molar-refractivity contribution in [2.45, 2.75) is 56.9 Å². The highest BCUT2D eigenvalue weighted by molar-refractivity contribution is 5.98. The summed E-state index contributed by atoms with van der Waals surface area (Å²) in [6.45, 7) is 1.69. The predicted molar refractivity (Wildman–Crippen MR) is 116 cm³/mol. The van der Waals surface area contributed by atoms with Gasteiger partial charge in [-0.25, -0.2) is 4.98 Å². The van der Waals surface area contributed by atoms with Crippen LogP contribution in [0.4, 0.5) is 17.2 Å². The van der Waals surface area contributed by atoms with E-state index in [-0.39, 0.29) is 0 Å². The number of nitrogens with two attached hydrogens (primary N) is 1. The van der Waals surface area contributed by atoms with Crippen molar-refractivity contribution in [2.75, 3.05) is 23.8 Å². The van der Waals surface area contributed by atoms with Gasteiger partial charge in [-0.2, -0.15) is 0 Å². The first-order valence-electron chi connectivity index (χ1n) is 10.7. The molecule has 154 valence electrons. The van der Waals surface area contributed by atoms with Crippen LogP contribution in [-0.4, -0.2) is 30.1 Å². The Hall–Kier alpha value is -2.60. The maximum Gasteiger partial charge on any atom is 0.252 e. The fourth-order valence-corrected chi connectivity index (χ4v) is 4.32. The molecule has 0 atom stereocenters. The first-order chi connectivity index (χ1) is 14.2. The van der Waals surface area contributed by atoms with Crippen LogP contribution in [0.25, 0.3) is 0 Å². The average molecular weight is 395 g/mol. The molecule has 0 bridgehead atoms. The summed E-state index contributed by atoms with van der Waals surface area (Å²) >= 11 is 0.